The number of nitrogens with one attached hydrogen (secondary N) is 1. The van der Waals surface area contributed by atoms with Gasteiger partial charge in [0.05, 0.1) is 40.6 Å². The fourth-order valence-corrected chi connectivity index (χ4v) is 7.65. The lowest BCUT2D eigenvalue weighted by Crippen LogP contribution is -2.39. The molecule has 1 unspecified atom stereocenters. The van der Waals surface area contributed by atoms with E-state index < -0.39 is 0 Å². The van der Waals surface area contributed by atoms with Crippen molar-refractivity contribution >= 4 is 34.0 Å². The van der Waals surface area contributed by atoms with Gasteiger partial charge in [-0.2, -0.15) is 0 Å². The minimum absolute atomic E-state index is 0.00311. The highest BCUT2D eigenvalue weighted by Crippen LogP contribution is 2.36. The molecule has 0 spiro atoms. The second-order valence-corrected chi connectivity index (χ2v) is 13.2. The number of carbonyl (C=O) groups excluding carboxylic acids is 1. The molecule has 48 heavy (non-hydrogen) atoms. The molecule has 1 atom stereocenters. The SMILES string of the molecule is O=C(OCC(C1CCNCC1)n1c(-c2ccccc2)nc2ccccc21)C1CCN(c2nc3ccccc3n2Cc2ccccc2)CC1. The molecule has 8 heteroatoms. The molecule has 0 bridgehead atoms. The summed E-state index contributed by atoms with van der Waals surface area (Å²) in [5.41, 5.74) is 6.49. The van der Waals surface area contributed by atoms with Crippen molar-refractivity contribution in [2.24, 2.45) is 11.8 Å². The summed E-state index contributed by atoms with van der Waals surface area (Å²) in [6.07, 6.45) is 3.56. The Morgan fingerprint density at radius 3 is 2.10 bits per heavy atom. The normalized spacial score (nSPS) is 16.8. The van der Waals surface area contributed by atoms with E-state index in [0.29, 0.717) is 12.5 Å². The predicted molar refractivity (Wildman–Crippen MR) is 191 cm³/mol. The van der Waals surface area contributed by atoms with E-state index in [-0.39, 0.29) is 17.9 Å². The lowest BCUT2D eigenvalue weighted by Gasteiger charge is -2.34. The Morgan fingerprint density at radius 1 is 0.750 bits per heavy atom. The van der Waals surface area contributed by atoms with Gasteiger partial charge in [0.15, 0.2) is 0 Å². The molecule has 2 aromatic heterocycles. The standard InChI is InChI=1S/C40H42N6O2/c47-39(32-21-25-44(26-22-32)40-43-33-15-7-9-17-35(33)45(40)27-29-11-3-1-4-12-29)48-28-37(30-19-23-41-24-20-30)46-36-18-10-8-16-34(36)42-38(46)31-13-5-2-6-14-31/h1-18,30,32,37,41H,19-28H2. The zero-order chi connectivity index (χ0) is 32.3. The van der Waals surface area contributed by atoms with Gasteiger partial charge in [-0.25, -0.2) is 9.97 Å². The van der Waals surface area contributed by atoms with Crippen LogP contribution in [0.4, 0.5) is 5.95 Å². The van der Waals surface area contributed by atoms with Crippen LogP contribution in [0.15, 0.2) is 109 Å². The summed E-state index contributed by atoms with van der Waals surface area (Å²) in [4.78, 5) is 26.3. The van der Waals surface area contributed by atoms with Crippen molar-refractivity contribution in [3.8, 4) is 11.4 Å². The number of benzene rings is 4. The van der Waals surface area contributed by atoms with E-state index in [0.717, 1.165) is 97.8 Å². The zero-order valence-corrected chi connectivity index (χ0v) is 27.2. The number of hydrogen-bond donors (Lipinski definition) is 1. The first-order chi connectivity index (χ1) is 23.7. The van der Waals surface area contributed by atoms with E-state index in [4.69, 9.17) is 14.7 Å². The van der Waals surface area contributed by atoms with Gasteiger partial charge in [0, 0.05) is 18.7 Å². The minimum atomic E-state index is -0.130. The molecule has 2 aliphatic rings. The number of esters is 1. The van der Waals surface area contributed by atoms with Crippen LogP contribution in [0.3, 0.4) is 0 Å². The molecule has 0 aliphatic carbocycles. The first kappa shape index (κ1) is 30.4. The predicted octanol–water partition coefficient (Wildman–Crippen LogP) is 7.10. The Balaban J connectivity index is 1.01. The van der Waals surface area contributed by atoms with Gasteiger partial charge in [0.2, 0.25) is 5.95 Å². The summed E-state index contributed by atoms with van der Waals surface area (Å²) >= 11 is 0. The quantitative estimate of drug-likeness (QED) is 0.170. The van der Waals surface area contributed by atoms with Gasteiger partial charge >= 0.3 is 5.97 Å². The highest BCUT2D eigenvalue weighted by molar-refractivity contribution is 5.81. The van der Waals surface area contributed by atoms with Crippen molar-refractivity contribution in [3.05, 3.63) is 115 Å². The van der Waals surface area contributed by atoms with Crippen molar-refractivity contribution in [3.63, 3.8) is 0 Å². The number of hydrogen-bond acceptors (Lipinski definition) is 6. The summed E-state index contributed by atoms with van der Waals surface area (Å²) < 4.78 is 11.0. The van der Waals surface area contributed by atoms with Crippen molar-refractivity contribution in [2.45, 2.75) is 38.3 Å². The molecule has 4 heterocycles. The summed E-state index contributed by atoms with van der Waals surface area (Å²) in [5, 5.41) is 3.51. The van der Waals surface area contributed by atoms with E-state index in [2.05, 4.69) is 110 Å². The van der Waals surface area contributed by atoms with Crippen molar-refractivity contribution < 1.29 is 9.53 Å². The fourth-order valence-electron chi connectivity index (χ4n) is 7.65. The molecule has 4 aromatic carbocycles. The van der Waals surface area contributed by atoms with E-state index in [9.17, 15) is 4.79 Å². The van der Waals surface area contributed by atoms with E-state index in [1.807, 2.05) is 18.2 Å². The number of ether oxygens (including phenoxy) is 1. The van der Waals surface area contributed by atoms with E-state index in [1.165, 1.54) is 5.56 Å². The molecule has 2 aliphatic heterocycles. The van der Waals surface area contributed by atoms with Gasteiger partial charge in [-0.05, 0) is 74.5 Å². The minimum Gasteiger partial charge on any atom is -0.463 e. The number of carbonyl (C=O) groups is 1. The maximum atomic E-state index is 13.8. The van der Waals surface area contributed by atoms with Crippen molar-refractivity contribution in [1.29, 1.82) is 0 Å². The van der Waals surface area contributed by atoms with Crippen LogP contribution in [0, 0.1) is 11.8 Å². The molecule has 2 saturated heterocycles. The maximum Gasteiger partial charge on any atom is 0.309 e. The third kappa shape index (κ3) is 6.08. The Morgan fingerprint density at radius 2 is 1.38 bits per heavy atom. The third-order valence-electron chi connectivity index (χ3n) is 10.2. The van der Waals surface area contributed by atoms with E-state index in [1.54, 1.807) is 0 Å². The highest BCUT2D eigenvalue weighted by atomic mass is 16.5. The van der Waals surface area contributed by atoms with Gasteiger partial charge < -0.3 is 24.1 Å². The number of para-hydroxylation sites is 4. The number of aromatic nitrogens is 4. The van der Waals surface area contributed by atoms with E-state index >= 15 is 0 Å². The fraction of sp³-hybridized carbons (Fsp3) is 0.325. The first-order valence-corrected chi connectivity index (χ1v) is 17.4. The second kappa shape index (κ2) is 13.6. The van der Waals surface area contributed by atoms with Crippen LogP contribution in [-0.2, 0) is 16.1 Å². The number of nitrogens with zero attached hydrogens (tertiary/aromatic N) is 5. The van der Waals surface area contributed by atoms with Gasteiger partial charge in [-0.15, -0.1) is 0 Å². The molecule has 2 fully saturated rings. The molecule has 0 amide bonds. The number of fused-ring (bicyclic) bond motifs is 2. The van der Waals surface area contributed by atoms with Crippen molar-refractivity contribution in [1.82, 2.24) is 24.4 Å². The Bertz CT molecular complexity index is 1990. The number of imidazole rings is 2. The van der Waals surface area contributed by atoms with Crippen LogP contribution in [0.2, 0.25) is 0 Å². The smallest absolute Gasteiger partial charge is 0.309 e. The number of piperidine rings is 2. The molecule has 6 aromatic rings. The van der Waals surface area contributed by atoms with Crippen molar-refractivity contribution in [2.75, 3.05) is 37.7 Å². The Kier molecular flexibility index (Phi) is 8.64. The molecule has 0 radical (unpaired) electrons. The number of anilines is 1. The lowest BCUT2D eigenvalue weighted by atomic mass is 9.89. The Hall–Kier alpha value is -4.95. The average Bonchev–Trinajstić information content (AvgIpc) is 3.72. The first-order valence-electron chi connectivity index (χ1n) is 17.4. The van der Waals surface area contributed by atoms with Gasteiger partial charge in [0.25, 0.3) is 0 Å². The molecular weight excluding hydrogens is 596 g/mol. The topological polar surface area (TPSA) is 77.2 Å². The molecule has 8 nitrogen and oxygen atoms in total. The molecular formula is C40H42N6O2. The summed E-state index contributed by atoms with van der Waals surface area (Å²) in [6.45, 7) is 4.56. The maximum absolute atomic E-state index is 13.8. The van der Waals surface area contributed by atoms with Gasteiger partial charge in [-0.1, -0.05) is 84.9 Å². The van der Waals surface area contributed by atoms with Crippen LogP contribution in [0.1, 0.15) is 37.3 Å². The number of rotatable bonds is 9. The Labute approximate surface area is 281 Å². The van der Waals surface area contributed by atoms with Crippen LogP contribution >= 0.6 is 0 Å². The summed E-state index contributed by atoms with van der Waals surface area (Å²) in [5.74, 6) is 2.06. The zero-order valence-electron chi connectivity index (χ0n) is 27.2. The molecule has 244 valence electrons. The summed E-state index contributed by atoms with van der Waals surface area (Å²) in [6, 6.07) is 37.6. The molecule has 0 saturated carbocycles. The molecule has 8 rings (SSSR count). The lowest BCUT2D eigenvalue weighted by molar-refractivity contribution is -0.151. The monoisotopic (exact) mass is 638 g/mol. The third-order valence-corrected chi connectivity index (χ3v) is 10.2. The largest absolute Gasteiger partial charge is 0.463 e. The van der Waals surface area contributed by atoms with Crippen LogP contribution in [0.25, 0.3) is 33.5 Å². The van der Waals surface area contributed by atoms with Gasteiger partial charge in [-0.3, -0.25) is 4.79 Å². The van der Waals surface area contributed by atoms with Crippen LogP contribution in [-0.4, -0.2) is 57.9 Å². The average molecular weight is 639 g/mol. The van der Waals surface area contributed by atoms with Gasteiger partial charge in [0.1, 0.15) is 12.4 Å². The van der Waals surface area contributed by atoms with Crippen LogP contribution in [0.5, 0.6) is 0 Å². The highest BCUT2D eigenvalue weighted by Gasteiger charge is 2.33. The second-order valence-electron chi connectivity index (χ2n) is 13.2. The molecule has 1 N–H and O–H groups in total. The summed E-state index contributed by atoms with van der Waals surface area (Å²) in [7, 11) is 0. The van der Waals surface area contributed by atoms with Crippen LogP contribution < -0.4 is 10.2 Å².